The predicted molar refractivity (Wildman–Crippen MR) is 77.9 cm³/mol. The van der Waals surface area contributed by atoms with Gasteiger partial charge in [0.2, 0.25) is 5.88 Å². The van der Waals surface area contributed by atoms with Gasteiger partial charge in [0.15, 0.2) is 12.2 Å². The number of aliphatic imine (C=N–C) groups is 1. The number of ether oxygens (including phenoxy) is 1. The van der Waals surface area contributed by atoms with Gasteiger partial charge in [-0.05, 0) is 25.5 Å². The van der Waals surface area contributed by atoms with Crippen LogP contribution in [0.3, 0.4) is 0 Å². The van der Waals surface area contributed by atoms with Crippen LogP contribution in [-0.2, 0) is 0 Å². The lowest BCUT2D eigenvalue weighted by molar-refractivity contribution is -0.154. The van der Waals surface area contributed by atoms with Crippen LogP contribution in [-0.4, -0.2) is 34.5 Å². The van der Waals surface area contributed by atoms with E-state index in [1.54, 1.807) is 12.3 Å². The van der Waals surface area contributed by atoms with Gasteiger partial charge in [0.1, 0.15) is 0 Å². The molecule has 8 heteroatoms. The third kappa shape index (κ3) is 4.13. The van der Waals surface area contributed by atoms with Crippen molar-refractivity contribution >= 4 is 17.8 Å². The molecule has 2 atom stereocenters. The van der Waals surface area contributed by atoms with Crippen LogP contribution >= 0.6 is 11.6 Å². The van der Waals surface area contributed by atoms with Crippen LogP contribution in [0.5, 0.6) is 5.88 Å². The highest BCUT2D eigenvalue weighted by atomic mass is 35.5. The summed E-state index contributed by atoms with van der Waals surface area (Å²) < 4.78 is 40.8. The van der Waals surface area contributed by atoms with Crippen LogP contribution in [0.4, 0.5) is 13.2 Å². The van der Waals surface area contributed by atoms with Gasteiger partial charge in [0, 0.05) is 24.2 Å². The molecular formula is C14H15ClF3N3O. The molecule has 1 aromatic rings. The third-order valence-electron chi connectivity index (χ3n) is 3.20. The molecule has 0 saturated carbocycles. The fourth-order valence-electron chi connectivity index (χ4n) is 2.08. The number of aromatic nitrogens is 1. The molecule has 4 nitrogen and oxygen atoms in total. The smallest absolute Gasteiger partial charge is 0.422 e. The van der Waals surface area contributed by atoms with Crippen molar-refractivity contribution in [3.8, 4) is 5.88 Å². The zero-order valence-corrected chi connectivity index (χ0v) is 12.8. The van der Waals surface area contributed by atoms with E-state index >= 15 is 0 Å². The minimum Gasteiger partial charge on any atom is -0.468 e. The number of pyridine rings is 1. The van der Waals surface area contributed by atoms with E-state index in [0.29, 0.717) is 0 Å². The normalized spacial score (nSPS) is 19.8. The number of hydrogen-bond donors (Lipinski definition) is 0. The van der Waals surface area contributed by atoms with Crippen molar-refractivity contribution < 1.29 is 17.9 Å². The summed E-state index contributed by atoms with van der Waals surface area (Å²) in [5.74, 6) is -0.0698. The Balaban J connectivity index is 2.07. The number of nitrogens with zero attached hydrogens (tertiary/aromatic N) is 3. The lowest BCUT2D eigenvalue weighted by Gasteiger charge is -2.35. The lowest BCUT2D eigenvalue weighted by Crippen LogP contribution is -2.33. The van der Waals surface area contributed by atoms with Crippen molar-refractivity contribution in [2.75, 3.05) is 6.61 Å². The maximum atomic E-state index is 12.1. The molecular weight excluding hydrogens is 319 g/mol. The van der Waals surface area contributed by atoms with Crippen molar-refractivity contribution in [3.63, 3.8) is 0 Å². The molecule has 120 valence electrons. The van der Waals surface area contributed by atoms with Gasteiger partial charge in [0.25, 0.3) is 0 Å². The largest absolute Gasteiger partial charge is 0.468 e. The summed E-state index contributed by atoms with van der Waals surface area (Å²) in [5.41, 5.74) is 1.22. The van der Waals surface area contributed by atoms with Gasteiger partial charge in [0.05, 0.1) is 6.04 Å². The minimum absolute atomic E-state index is 0.0698. The fourth-order valence-corrected chi connectivity index (χ4v) is 2.47. The van der Waals surface area contributed by atoms with Gasteiger partial charge >= 0.3 is 6.18 Å². The maximum absolute atomic E-state index is 12.1. The second kappa shape index (κ2) is 6.56. The number of hydrogen-bond acceptors (Lipinski definition) is 4. The molecule has 0 saturated heterocycles. The lowest BCUT2D eigenvalue weighted by atomic mass is 10.1. The molecule has 1 aliphatic heterocycles. The van der Waals surface area contributed by atoms with E-state index in [1.165, 1.54) is 12.3 Å². The van der Waals surface area contributed by atoms with E-state index in [-0.39, 0.29) is 11.9 Å². The van der Waals surface area contributed by atoms with Gasteiger partial charge < -0.3 is 9.64 Å². The van der Waals surface area contributed by atoms with Crippen LogP contribution < -0.4 is 4.74 Å². The molecule has 1 aromatic heterocycles. The van der Waals surface area contributed by atoms with Gasteiger partial charge in [-0.1, -0.05) is 17.7 Å². The Morgan fingerprint density at radius 1 is 1.41 bits per heavy atom. The standard InChI is InChI=1S/C14H15ClF3N3O/c1-9-5-6-19-13(15)21(9)10(2)11-3-4-12(20-7-11)22-8-14(16,17)18/h3-7,10,13H,8H2,1-2H3. The first-order valence-corrected chi connectivity index (χ1v) is 6.99. The van der Waals surface area contributed by atoms with Crippen LogP contribution in [0.25, 0.3) is 0 Å². The summed E-state index contributed by atoms with van der Waals surface area (Å²) in [7, 11) is 0. The van der Waals surface area contributed by atoms with E-state index in [1.807, 2.05) is 24.8 Å². The van der Waals surface area contributed by atoms with E-state index in [4.69, 9.17) is 11.6 Å². The van der Waals surface area contributed by atoms with Gasteiger partial charge in [-0.2, -0.15) is 13.2 Å². The average Bonchev–Trinajstić information content (AvgIpc) is 2.44. The number of rotatable bonds is 4. The zero-order chi connectivity index (χ0) is 16.3. The van der Waals surface area contributed by atoms with Crippen molar-refractivity contribution in [1.82, 2.24) is 9.88 Å². The van der Waals surface area contributed by atoms with Crippen molar-refractivity contribution in [1.29, 1.82) is 0 Å². The highest BCUT2D eigenvalue weighted by molar-refractivity contribution is 6.20. The Kier molecular flexibility index (Phi) is 4.95. The van der Waals surface area contributed by atoms with Crippen molar-refractivity contribution in [2.24, 2.45) is 4.99 Å². The van der Waals surface area contributed by atoms with Crippen LogP contribution in [0.15, 0.2) is 35.1 Å². The second-order valence-corrected chi connectivity index (χ2v) is 5.22. The van der Waals surface area contributed by atoms with E-state index < -0.39 is 18.4 Å². The number of alkyl halides is 4. The van der Waals surface area contributed by atoms with Crippen molar-refractivity contribution in [2.45, 2.75) is 31.7 Å². The fraction of sp³-hybridized carbons (Fsp3) is 0.429. The summed E-state index contributed by atoms with van der Waals surface area (Å²) in [5, 5.41) is 0. The molecule has 2 heterocycles. The Labute approximate surface area is 131 Å². The molecule has 2 unspecified atom stereocenters. The van der Waals surface area contributed by atoms with Gasteiger partial charge in [-0.25, -0.2) is 4.98 Å². The zero-order valence-electron chi connectivity index (χ0n) is 12.0. The molecule has 2 rings (SSSR count). The van der Waals surface area contributed by atoms with Gasteiger partial charge in [-0.3, -0.25) is 4.99 Å². The second-order valence-electron chi connectivity index (χ2n) is 4.83. The Bertz CT molecular complexity index is 572. The first-order chi connectivity index (χ1) is 10.3. The highest BCUT2D eigenvalue weighted by Crippen LogP contribution is 2.30. The average molecular weight is 334 g/mol. The van der Waals surface area contributed by atoms with Crippen LogP contribution in [0, 0.1) is 0 Å². The molecule has 0 aromatic carbocycles. The quantitative estimate of drug-likeness (QED) is 0.619. The Morgan fingerprint density at radius 2 is 2.14 bits per heavy atom. The van der Waals surface area contributed by atoms with Gasteiger partial charge in [-0.15, -0.1) is 0 Å². The Morgan fingerprint density at radius 3 is 2.68 bits per heavy atom. The topological polar surface area (TPSA) is 37.7 Å². The maximum Gasteiger partial charge on any atom is 0.422 e. The minimum atomic E-state index is -4.38. The molecule has 0 bridgehead atoms. The highest BCUT2D eigenvalue weighted by Gasteiger charge is 2.29. The summed E-state index contributed by atoms with van der Waals surface area (Å²) in [4.78, 5) is 9.88. The Hall–Kier alpha value is -1.76. The first kappa shape index (κ1) is 16.6. The molecule has 0 radical (unpaired) electrons. The number of halogens is 4. The predicted octanol–water partition coefficient (Wildman–Crippen LogP) is 3.90. The van der Waals surface area contributed by atoms with E-state index in [9.17, 15) is 13.2 Å². The van der Waals surface area contributed by atoms with E-state index in [0.717, 1.165) is 11.3 Å². The summed E-state index contributed by atoms with van der Waals surface area (Å²) in [6.07, 6.45) is 0.574. The van der Waals surface area contributed by atoms with Crippen molar-refractivity contribution in [3.05, 3.63) is 35.7 Å². The molecule has 1 aliphatic rings. The third-order valence-corrected chi connectivity index (χ3v) is 3.53. The SMILES string of the molecule is CC1=CC=NC(Cl)N1C(C)c1ccc(OCC(F)(F)F)nc1. The monoisotopic (exact) mass is 333 g/mol. The molecule has 0 amide bonds. The molecule has 0 N–H and O–H groups in total. The summed E-state index contributed by atoms with van der Waals surface area (Å²) >= 11 is 6.17. The molecule has 0 spiro atoms. The molecule has 0 aliphatic carbocycles. The molecule has 0 fully saturated rings. The molecule has 22 heavy (non-hydrogen) atoms. The number of allylic oxidation sites excluding steroid dienone is 2. The van der Waals surface area contributed by atoms with Crippen LogP contribution in [0.2, 0.25) is 0 Å². The van der Waals surface area contributed by atoms with Crippen LogP contribution in [0.1, 0.15) is 25.5 Å². The van der Waals surface area contributed by atoms with E-state index in [2.05, 4.69) is 14.7 Å². The first-order valence-electron chi connectivity index (χ1n) is 6.56. The summed E-state index contributed by atoms with van der Waals surface area (Å²) in [6.45, 7) is 2.47. The summed E-state index contributed by atoms with van der Waals surface area (Å²) in [6, 6.07) is 2.95.